The van der Waals surface area contributed by atoms with Crippen molar-refractivity contribution in [1.82, 2.24) is 19.9 Å². The molecule has 0 atom stereocenters. The van der Waals surface area contributed by atoms with Gasteiger partial charge < -0.3 is 9.80 Å². The number of rotatable bonds is 1. The molecule has 0 N–H and O–H groups in total. The number of likely N-dealkylation sites (N-methyl/N-ethyl adjacent to an activating group) is 1. The van der Waals surface area contributed by atoms with Gasteiger partial charge in [-0.15, -0.1) is 0 Å². The van der Waals surface area contributed by atoms with Crippen LogP contribution in [0, 0.1) is 11.6 Å². The quantitative estimate of drug-likeness (QED) is 0.477. The van der Waals surface area contributed by atoms with Crippen LogP contribution in [0.5, 0.6) is 0 Å². The smallest absolute Gasteiger partial charge is 0.352 e. The average molecular weight is 383 g/mol. The van der Waals surface area contributed by atoms with E-state index in [1.54, 1.807) is 0 Å². The summed E-state index contributed by atoms with van der Waals surface area (Å²) in [5.41, 5.74) is -1.86. The second kappa shape index (κ2) is 6.22. The molecular weight excluding hydrogens is 369 g/mol. The Morgan fingerprint density at radius 3 is 2.15 bits per heavy atom. The number of anilines is 1. The molecule has 5 nitrogen and oxygen atoms in total. The van der Waals surface area contributed by atoms with E-state index in [4.69, 9.17) is 0 Å². The van der Waals surface area contributed by atoms with Gasteiger partial charge in [-0.3, -0.25) is 4.98 Å². The molecule has 4 rings (SSSR count). The number of nitrogens with zero attached hydrogens (tertiary/aromatic N) is 5. The van der Waals surface area contributed by atoms with Crippen molar-refractivity contribution in [3.8, 4) is 0 Å². The molecule has 0 saturated carbocycles. The van der Waals surface area contributed by atoms with E-state index < -0.39 is 28.9 Å². The van der Waals surface area contributed by atoms with Crippen molar-refractivity contribution >= 4 is 27.8 Å². The van der Waals surface area contributed by atoms with Crippen LogP contribution in [0.4, 0.5) is 27.8 Å². The summed E-state index contributed by atoms with van der Waals surface area (Å²) >= 11 is 0. The molecule has 3 heterocycles. The van der Waals surface area contributed by atoms with Gasteiger partial charge in [-0.05, 0) is 13.1 Å². The van der Waals surface area contributed by atoms with E-state index in [-0.39, 0.29) is 22.2 Å². The molecule has 1 saturated heterocycles. The van der Waals surface area contributed by atoms with E-state index in [1.165, 1.54) is 12.4 Å². The highest BCUT2D eigenvalue weighted by molar-refractivity contribution is 6.06. The summed E-state index contributed by atoms with van der Waals surface area (Å²) in [6.07, 6.45) is -2.35. The Kier molecular flexibility index (Phi) is 4.10. The normalized spacial score (nSPS) is 16.4. The molecule has 1 fully saturated rings. The van der Waals surface area contributed by atoms with Crippen molar-refractivity contribution in [1.29, 1.82) is 0 Å². The first kappa shape index (κ1) is 17.8. The number of fused-ring (bicyclic) bond motifs is 3. The number of hydrogen-bond acceptors (Lipinski definition) is 5. The summed E-state index contributed by atoms with van der Waals surface area (Å²) in [6.45, 7) is 2.60. The van der Waals surface area contributed by atoms with Crippen molar-refractivity contribution in [2.75, 3.05) is 38.1 Å². The standard InChI is InChI=1S/C17H14F5N5/c1-26-4-6-27(7-5-26)16-15-14(23-2-3-24-15)9-8-10(17(20,21)22)11(18)12(19)13(9)25-16/h2-3,8H,4-7H2,1H3. The fourth-order valence-electron chi connectivity index (χ4n) is 3.21. The Morgan fingerprint density at radius 1 is 0.889 bits per heavy atom. The minimum absolute atomic E-state index is 0.0563. The Bertz CT molecular complexity index is 1030. The largest absolute Gasteiger partial charge is 0.419 e. The van der Waals surface area contributed by atoms with Crippen LogP contribution in [-0.4, -0.2) is 53.1 Å². The number of halogens is 5. The van der Waals surface area contributed by atoms with Crippen molar-refractivity contribution in [3.63, 3.8) is 0 Å². The molecule has 27 heavy (non-hydrogen) atoms. The van der Waals surface area contributed by atoms with Crippen LogP contribution in [0.1, 0.15) is 5.56 Å². The third-order valence-corrected chi connectivity index (χ3v) is 4.67. The topological polar surface area (TPSA) is 45.2 Å². The van der Waals surface area contributed by atoms with Crippen LogP contribution in [-0.2, 0) is 6.18 Å². The predicted molar refractivity (Wildman–Crippen MR) is 89.5 cm³/mol. The molecule has 0 aliphatic carbocycles. The zero-order valence-electron chi connectivity index (χ0n) is 14.2. The first-order chi connectivity index (χ1) is 12.8. The van der Waals surface area contributed by atoms with Gasteiger partial charge in [0.05, 0.1) is 5.56 Å². The second-order valence-corrected chi connectivity index (χ2v) is 6.43. The lowest BCUT2D eigenvalue weighted by Crippen LogP contribution is -2.45. The molecule has 0 unspecified atom stereocenters. The van der Waals surface area contributed by atoms with Crippen molar-refractivity contribution in [3.05, 3.63) is 35.7 Å². The number of benzene rings is 1. The first-order valence-electron chi connectivity index (χ1n) is 8.20. The van der Waals surface area contributed by atoms with E-state index in [1.807, 2.05) is 11.9 Å². The van der Waals surface area contributed by atoms with Crippen LogP contribution in [0.3, 0.4) is 0 Å². The lowest BCUT2D eigenvalue weighted by molar-refractivity contribution is -0.140. The fourth-order valence-corrected chi connectivity index (χ4v) is 3.21. The van der Waals surface area contributed by atoms with E-state index in [0.717, 1.165) is 13.1 Å². The van der Waals surface area contributed by atoms with Crippen LogP contribution in [0.25, 0.3) is 21.9 Å². The highest BCUT2D eigenvalue weighted by Gasteiger charge is 2.37. The van der Waals surface area contributed by atoms with E-state index >= 15 is 0 Å². The van der Waals surface area contributed by atoms with Gasteiger partial charge in [0.25, 0.3) is 0 Å². The molecule has 1 aromatic carbocycles. The Hall–Kier alpha value is -2.62. The average Bonchev–Trinajstić information content (AvgIpc) is 2.63. The summed E-state index contributed by atoms with van der Waals surface area (Å²) < 4.78 is 67.8. The lowest BCUT2D eigenvalue weighted by atomic mass is 10.1. The molecule has 0 radical (unpaired) electrons. The number of piperazine rings is 1. The van der Waals surface area contributed by atoms with Gasteiger partial charge in [0, 0.05) is 44.0 Å². The van der Waals surface area contributed by atoms with Crippen molar-refractivity contribution < 1.29 is 22.0 Å². The van der Waals surface area contributed by atoms with Gasteiger partial charge in [0.1, 0.15) is 16.6 Å². The maximum atomic E-state index is 14.5. The van der Waals surface area contributed by atoms with E-state index in [0.29, 0.717) is 19.2 Å². The third-order valence-electron chi connectivity index (χ3n) is 4.67. The van der Waals surface area contributed by atoms with Crippen LogP contribution in [0.2, 0.25) is 0 Å². The summed E-state index contributed by atoms with van der Waals surface area (Å²) in [5, 5.41) is -0.220. The highest BCUT2D eigenvalue weighted by Crippen LogP contribution is 2.38. The van der Waals surface area contributed by atoms with E-state index in [2.05, 4.69) is 19.9 Å². The zero-order chi connectivity index (χ0) is 19.3. The predicted octanol–water partition coefficient (Wildman–Crippen LogP) is 3.23. The van der Waals surface area contributed by atoms with Gasteiger partial charge in [-0.1, -0.05) is 0 Å². The molecule has 142 valence electrons. The number of hydrogen-bond donors (Lipinski definition) is 0. The molecular formula is C17H14F5N5. The summed E-state index contributed by atoms with van der Waals surface area (Å²) in [6, 6.07) is 0.547. The van der Waals surface area contributed by atoms with Crippen LogP contribution < -0.4 is 4.90 Å². The highest BCUT2D eigenvalue weighted by atomic mass is 19.4. The molecule has 0 amide bonds. The summed E-state index contributed by atoms with van der Waals surface area (Å²) in [7, 11) is 1.96. The number of pyridine rings is 1. The monoisotopic (exact) mass is 383 g/mol. The Balaban J connectivity index is 2.03. The molecule has 10 heteroatoms. The van der Waals surface area contributed by atoms with Crippen molar-refractivity contribution in [2.24, 2.45) is 0 Å². The molecule has 1 aliphatic rings. The van der Waals surface area contributed by atoms with Gasteiger partial charge in [0.15, 0.2) is 17.5 Å². The Labute approximate surface area is 150 Å². The lowest BCUT2D eigenvalue weighted by Gasteiger charge is -2.33. The molecule has 2 aromatic heterocycles. The maximum absolute atomic E-state index is 14.5. The summed E-state index contributed by atoms with van der Waals surface area (Å²) in [4.78, 5) is 16.4. The van der Waals surface area contributed by atoms with Gasteiger partial charge >= 0.3 is 6.18 Å². The van der Waals surface area contributed by atoms with Crippen LogP contribution in [0.15, 0.2) is 18.5 Å². The minimum Gasteiger partial charge on any atom is -0.352 e. The van der Waals surface area contributed by atoms with Gasteiger partial charge in [0.2, 0.25) is 0 Å². The van der Waals surface area contributed by atoms with Gasteiger partial charge in [-0.25, -0.2) is 18.7 Å². The molecule has 0 spiro atoms. The van der Waals surface area contributed by atoms with E-state index in [9.17, 15) is 22.0 Å². The van der Waals surface area contributed by atoms with Crippen molar-refractivity contribution in [2.45, 2.75) is 6.18 Å². The molecule has 0 bridgehead atoms. The number of alkyl halides is 3. The number of aromatic nitrogens is 3. The second-order valence-electron chi connectivity index (χ2n) is 6.43. The third kappa shape index (κ3) is 2.93. The minimum atomic E-state index is -5.04. The SMILES string of the molecule is CN1CCN(c2nc3c(F)c(F)c(C(F)(F)F)cc3c3nccnc23)CC1. The fraction of sp³-hybridized carbons (Fsp3) is 0.353. The molecule has 1 aliphatic heterocycles. The van der Waals surface area contributed by atoms with Gasteiger partial charge in [-0.2, -0.15) is 13.2 Å². The first-order valence-corrected chi connectivity index (χ1v) is 8.20. The zero-order valence-corrected chi connectivity index (χ0v) is 14.2. The Morgan fingerprint density at radius 2 is 1.52 bits per heavy atom. The van der Waals surface area contributed by atoms with Crippen LogP contribution >= 0.6 is 0 Å². The summed E-state index contributed by atoms with van der Waals surface area (Å²) in [5.74, 6) is -3.31. The molecule has 3 aromatic rings. The maximum Gasteiger partial charge on any atom is 0.419 e.